The third-order valence-corrected chi connectivity index (χ3v) is 4.50. The standard InChI is InChI=1S/C17H23N5O2/c1-20-7-9-21(10-8-20)12-14-15(18)22(17(24)19-16(14)23)11-13-5-3-2-4-6-13/h2-6H,7-12,18H2,1H3,(H,19,23,24). The second kappa shape index (κ2) is 7.02. The zero-order valence-electron chi connectivity index (χ0n) is 13.9. The fraction of sp³-hybridized carbons (Fsp3) is 0.412. The Morgan fingerprint density at radius 2 is 1.71 bits per heavy atom. The smallest absolute Gasteiger partial charge is 0.330 e. The van der Waals surface area contributed by atoms with E-state index in [2.05, 4.69) is 21.8 Å². The molecule has 3 N–H and O–H groups in total. The summed E-state index contributed by atoms with van der Waals surface area (Å²) in [4.78, 5) is 31.2. The molecule has 1 fully saturated rings. The third kappa shape index (κ3) is 3.58. The number of anilines is 1. The molecule has 0 unspecified atom stereocenters. The Hall–Kier alpha value is -2.38. The molecule has 1 saturated heterocycles. The van der Waals surface area contributed by atoms with Crippen LogP contribution in [0.2, 0.25) is 0 Å². The number of nitrogens with zero attached hydrogens (tertiary/aromatic N) is 3. The van der Waals surface area contributed by atoms with Crippen LogP contribution in [-0.4, -0.2) is 52.6 Å². The summed E-state index contributed by atoms with van der Waals surface area (Å²) in [6, 6.07) is 9.59. The molecule has 2 aromatic rings. The van der Waals surface area contributed by atoms with Crippen LogP contribution >= 0.6 is 0 Å². The summed E-state index contributed by atoms with van der Waals surface area (Å²) in [5.41, 5.74) is 6.76. The maximum absolute atomic E-state index is 12.2. The molecule has 1 aromatic heterocycles. The van der Waals surface area contributed by atoms with Gasteiger partial charge in [-0.2, -0.15) is 0 Å². The van der Waals surface area contributed by atoms with Crippen molar-refractivity contribution in [1.29, 1.82) is 0 Å². The normalized spacial score (nSPS) is 16.4. The molecule has 0 amide bonds. The number of aromatic amines is 1. The van der Waals surface area contributed by atoms with E-state index in [1.807, 2.05) is 30.3 Å². The summed E-state index contributed by atoms with van der Waals surface area (Å²) in [6.45, 7) is 4.49. The van der Waals surface area contributed by atoms with Crippen molar-refractivity contribution in [2.45, 2.75) is 13.1 Å². The van der Waals surface area contributed by atoms with Crippen LogP contribution in [0.3, 0.4) is 0 Å². The number of nitrogens with two attached hydrogens (primary N) is 1. The zero-order valence-corrected chi connectivity index (χ0v) is 13.9. The third-order valence-electron chi connectivity index (χ3n) is 4.50. The van der Waals surface area contributed by atoms with Gasteiger partial charge in [0, 0.05) is 32.7 Å². The molecule has 1 aromatic carbocycles. The topological polar surface area (TPSA) is 87.4 Å². The zero-order chi connectivity index (χ0) is 17.1. The Labute approximate surface area is 140 Å². The molecule has 2 heterocycles. The molecular weight excluding hydrogens is 306 g/mol. The minimum absolute atomic E-state index is 0.256. The number of piperazine rings is 1. The lowest BCUT2D eigenvalue weighted by Gasteiger charge is -2.32. The molecular formula is C17H23N5O2. The number of nitrogens with one attached hydrogen (secondary N) is 1. The monoisotopic (exact) mass is 329 g/mol. The number of rotatable bonds is 4. The Bertz CT molecular complexity index is 804. The van der Waals surface area contributed by atoms with Gasteiger partial charge in [-0.25, -0.2) is 4.79 Å². The van der Waals surface area contributed by atoms with Crippen LogP contribution < -0.4 is 17.0 Å². The van der Waals surface area contributed by atoms with Crippen molar-refractivity contribution >= 4 is 5.82 Å². The van der Waals surface area contributed by atoms with Crippen LogP contribution in [0.1, 0.15) is 11.1 Å². The Balaban J connectivity index is 1.88. The first-order chi connectivity index (χ1) is 11.5. The molecule has 1 aliphatic heterocycles. The Morgan fingerprint density at radius 3 is 2.38 bits per heavy atom. The lowest BCUT2D eigenvalue weighted by molar-refractivity contribution is 0.147. The fourth-order valence-electron chi connectivity index (χ4n) is 2.93. The van der Waals surface area contributed by atoms with Crippen molar-refractivity contribution in [1.82, 2.24) is 19.4 Å². The van der Waals surface area contributed by atoms with Gasteiger partial charge >= 0.3 is 5.69 Å². The predicted octanol–water partition coefficient (Wildman–Crippen LogP) is -0.0855. The summed E-state index contributed by atoms with van der Waals surface area (Å²) in [6.07, 6.45) is 0. The van der Waals surface area contributed by atoms with E-state index in [1.54, 1.807) is 0 Å². The molecule has 0 saturated carbocycles. The summed E-state index contributed by atoms with van der Waals surface area (Å²) < 4.78 is 1.43. The van der Waals surface area contributed by atoms with Crippen molar-refractivity contribution in [2.75, 3.05) is 39.0 Å². The number of H-pyrrole nitrogens is 1. The molecule has 0 aliphatic carbocycles. The van der Waals surface area contributed by atoms with E-state index < -0.39 is 5.69 Å². The average molecular weight is 329 g/mol. The van der Waals surface area contributed by atoms with Crippen LogP contribution in [0.4, 0.5) is 5.82 Å². The number of hydrogen-bond acceptors (Lipinski definition) is 5. The molecule has 3 rings (SSSR count). The molecule has 0 spiro atoms. The van der Waals surface area contributed by atoms with Crippen LogP contribution in [0.15, 0.2) is 39.9 Å². The van der Waals surface area contributed by atoms with Crippen LogP contribution in [-0.2, 0) is 13.1 Å². The molecule has 24 heavy (non-hydrogen) atoms. The molecule has 0 bridgehead atoms. The van der Waals surface area contributed by atoms with E-state index in [0.29, 0.717) is 18.7 Å². The maximum atomic E-state index is 12.2. The van der Waals surface area contributed by atoms with Crippen molar-refractivity contribution in [3.05, 3.63) is 62.3 Å². The highest BCUT2D eigenvalue weighted by Crippen LogP contribution is 2.11. The van der Waals surface area contributed by atoms with Crippen LogP contribution in [0, 0.1) is 0 Å². The van der Waals surface area contributed by atoms with Crippen LogP contribution in [0.25, 0.3) is 0 Å². The number of likely N-dealkylation sites (N-methyl/N-ethyl adjacent to an activating group) is 1. The number of aromatic nitrogens is 2. The second-order valence-corrected chi connectivity index (χ2v) is 6.27. The molecule has 128 valence electrons. The van der Waals surface area contributed by atoms with E-state index in [-0.39, 0.29) is 11.4 Å². The highest BCUT2D eigenvalue weighted by molar-refractivity contribution is 5.39. The Morgan fingerprint density at radius 1 is 1.04 bits per heavy atom. The number of benzene rings is 1. The van der Waals surface area contributed by atoms with Gasteiger partial charge in [-0.3, -0.25) is 19.2 Å². The lowest BCUT2D eigenvalue weighted by atomic mass is 10.2. The average Bonchev–Trinajstić information content (AvgIpc) is 2.58. The quantitative estimate of drug-likeness (QED) is 0.819. The van der Waals surface area contributed by atoms with Gasteiger partial charge in [0.25, 0.3) is 5.56 Å². The molecule has 0 atom stereocenters. The predicted molar refractivity (Wildman–Crippen MR) is 94.1 cm³/mol. The van der Waals surface area contributed by atoms with Gasteiger partial charge in [-0.15, -0.1) is 0 Å². The maximum Gasteiger partial charge on any atom is 0.330 e. The van der Waals surface area contributed by atoms with Crippen molar-refractivity contribution in [3.63, 3.8) is 0 Å². The van der Waals surface area contributed by atoms with Crippen LogP contribution in [0.5, 0.6) is 0 Å². The first-order valence-corrected chi connectivity index (χ1v) is 8.11. The van der Waals surface area contributed by atoms with Crippen molar-refractivity contribution in [2.24, 2.45) is 0 Å². The summed E-state index contributed by atoms with van der Waals surface area (Å²) >= 11 is 0. The van der Waals surface area contributed by atoms with Gasteiger partial charge in [-0.05, 0) is 12.6 Å². The largest absolute Gasteiger partial charge is 0.385 e. The van der Waals surface area contributed by atoms with Crippen molar-refractivity contribution in [3.8, 4) is 0 Å². The van der Waals surface area contributed by atoms with Gasteiger partial charge in [0.2, 0.25) is 0 Å². The minimum Gasteiger partial charge on any atom is -0.385 e. The Kier molecular flexibility index (Phi) is 4.82. The fourth-order valence-corrected chi connectivity index (χ4v) is 2.93. The van der Waals surface area contributed by atoms with Gasteiger partial charge in [0.15, 0.2) is 0 Å². The van der Waals surface area contributed by atoms with Gasteiger partial charge in [-0.1, -0.05) is 30.3 Å². The highest BCUT2D eigenvalue weighted by Gasteiger charge is 2.19. The summed E-state index contributed by atoms with van der Waals surface area (Å²) in [5.74, 6) is 0.256. The summed E-state index contributed by atoms with van der Waals surface area (Å²) in [5, 5.41) is 0. The highest BCUT2D eigenvalue weighted by atomic mass is 16.2. The van der Waals surface area contributed by atoms with E-state index in [4.69, 9.17) is 5.73 Å². The van der Waals surface area contributed by atoms with Gasteiger partial charge in [0.05, 0.1) is 12.1 Å². The molecule has 7 nitrogen and oxygen atoms in total. The van der Waals surface area contributed by atoms with Gasteiger partial charge < -0.3 is 10.6 Å². The number of hydrogen-bond donors (Lipinski definition) is 2. The summed E-state index contributed by atoms with van der Waals surface area (Å²) in [7, 11) is 2.08. The first-order valence-electron chi connectivity index (χ1n) is 8.11. The molecule has 7 heteroatoms. The lowest BCUT2D eigenvalue weighted by Crippen LogP contribution is -2.45. The first kappa shape index (κ1) is 16.5. The van der Waals surface area contributed by atoms with Gasteiger partial charge in [0.1, 0.15) is 5.82 Å². The molecule has 1 aliphatic rings. The van der Waals surface area contributed by atoms with Crippen molar-refractivity contribution < 1.29 is 0 Å². The minimum atomic E-state index is -0.469. The SMILES string of the molecule is CN1CCN(Cc2c(N)n(Cc3ccccc3)c(=O)[nH]c2=O)CC1. The second-order valence-electron chi connectivity index (χ2n) is 6.27. The number of nitrogen functional groups attached to an aromatic ring is 1. The van der Waals surface area contributed by atoms with E-state index in [1.165, 1.54) is 4.57 Å². The molecule has 0 radical (unpaired) electrons. The van der Waals surface area contributed by atoms with E-state index in [0.717, 1.165) is 31.7 Å². The van der Waals surface area contributed by atoms with E-state index in [9.17, 15) is 9.59 Å². The van der Waals surface area contributed by atoms with E-state index >= 15 is 0 Å².